The second kappa shape index (κ2) is 27.4. The first-order chi connectivity index (χ1) is 35.2. The molecule has 0 amide bonds. The van der Waals surface area contributed by atoms with Crippen LogP contribution >= 0.6 is 45.2 Å². The Morgan fingerprint density at radius 1 is 0.618 bits per heavy atom. The van der Waals surface area contributed by atoms with Crippen molar-refractivity contribution >= 4 is 91.3 Å². The van der Waals surface area contributed by atoms with Crippen LogP contribution in [0.1, 0.15) is 145 Å². The number of carbonyl (C=O) groups excluding carboxylic acids is 3. The predicted molar refractivity (Wildman–Crippen MR) is 320 cm³/mol. The van der Waals surface area contributed by atoms with E-state index >= 15 is 0 Å². The lowest BCUT2D eigenvalue weighted by Crippen LogP contribution is -2.44. The molecule has 15 nitrogen and oxygen atoms in total. The summed E-state index contributed by atoms with van der Waals surface area (Å²) in [6.07, 6.45) is 6.63. The highest BCUT2D eigenvalue weighted by atomic mass is 127. The number of rotatable bonds is 12. The van der Waals surface area contributed by atoms with E-state index in [1.807, 2.05) is 74.0 Å². The molecule has 0 aromatic heterocycles. The molecule has 2 aromatic rings. The Morgan fingerprint density at radius 2 is 0.961 bits per heavy atom. The van der Waals surface area contributed by atoms with Gasteiger partial charge in [-0.25, -0.2) is 4.79 Å². The summed E-state index contributed by atoms with van der Waals surface area (Å²) in [6.45, 7) is 33.2. The molecular formula is C57H82I2N2O13Si2. The normalized spacial score (nSPS) is 27.2. The Hall–Kier alpha value is -3.78. The number of nitro benzene ring substituents is 2. The smallest absolute Gasteiger partial charge is 0.457 e. The summed E-state index contributed by atoms with van der Waals surface area (Å²) in [4.78, 5) is 65.5. The minimum Gasteiger partial charge on any atom is -0.457 e. The zero-order valence-electron chi connectivity index (χ0n) is 47.4. The molecule has 2 aliphatic heterocycles. The number of ether oxygens (including phenoxy) is 4. The zero-order chi connectivity index (χ0) is 57.2. The second-order valence-electron chi connectivity index (χ2n) is 24.0. The maximum absolute atomic E-state index is 14.4. The quantitative estimate of drug-likeness (QED) is 0.0371. The molecule has 0 saturated carbocycles. The third-order valence-electron chi connectivity index (χ3n) is 15.9. The van der Waals surface area contributed by atoms with E-state index in [9.17, 15) is 34.6 Å². The maximum atomic E-state index is 14.4. The first kappa shape index (κ1) is 64.7. The van der Waals surface area contributed by atoms with Gasteiger partial charge in [0.05, 0.1) is 34.9 Å². The van der Waals surface area contributed by atoms with Gasteiger partial charge < -0.3 is 27.8 Å². The number of benzene rings is 2. The summed E-state index contributed by atoms with van der Waals surface area (Å²) in [6, 6.07) is 8.14. The van der Waals surface area contributed by atoms with E-state index in [2.05, 4.69) is 113 Å². The largest absolute Gasteiger partial charge is 0.519 e. The first-order valence-corrected chi connectivity index (χ1v) is 34.6. The molecule has 0 radical (unpaired) electrons. The van der Waals surface area contributed by atoms with Crippen LogP contribution in [0.2, 0.25) is 36.3 Å². The number of nitrogens with zero attached hydrogens (tertiary/aromatic N) is 2. The number of nitro groups is 2. The minimum atomic E-state index is -2.37. The van der Waals surface area contributed by atoms with Crippen LogP contribution in [0, 0.1) is 43.9 Å². The van der Waals surface area contributed by atoms with Crippen molar-refractivity contribution in [3.8, 4) is 11.5 Å². The number of cyclic esters (lactones) is 2. The molecule has 76 heavy (non-hydrogen) atoms. The van der Waals surface area contributed by atoms with Gasteiger partial charge in [0, 0.05) is 59.1 Å². The van der Waals surface area contributed by atoms with Crippen molar-refractivity contribution in [3.63, 3.8) is 0 Å². The van der Waals surface area contributed by atoms with Gasteiger partial charge in [0.1, 0.15) is 23.7 Å². The van der Waals surface area contributed by atoms with E-state index in [1.165, 1.54) is 36.4 Å². The standard InChI is InChI=1S/C57H82I2N2O13Si2/c1-35-17-23-43(73-75(13,14)56(7,8)9)31-51(62)71-53(39(5)33-58)37(3)19-25-45(35)47-29-41(60(65)66)21-27-49(47)69-55(64)70-50-28-22-42(61(67)68)30-48(50)46-26-20-38(4)54(40(6)34-59)72-52(63)32-44(24-18-36(46)2)74-76(15,16)57(10,11)12/h19-22,25-30,33-38,43-46,53-54H,17-18,23-24,31-32H2,1-16H3/b25-19+,26-20+,39-33+,40-34+. The van der Waals surface area contributed by atoms with Crippen LogP contribution in [0.25, 0.3) is 0 Å². The van der Waals surface area contributed by atoms with Gasteiger partial charge in [-0.1, -0.05) is 139 Å². The molecule has 0 fully saturated rings. The van der Waals surface area contributed by atoms with Gasteiger partial charge in [-0.2, -0.15) is 0 Å². The van der Waals surface area contributed by atoms with E-state index in [0.717, 1.165) is 11.1 Å². The number of esters is 2. The second-order valence-corrected chi connectivity index (χ2v) is 34.8. The summed E-state index contributed by atoms with van der Waals surface area (Å²) >= 11 is 4.27. The Labute approximate surface area is 480 Å². The van der Waals surface area contributed by atoms with Crippen molar-refractivity contribution in [1.82, 2.24) is 0 Å². The van der Waals surface area contributed by atoms with Crippen LogP contribution in [0.15, 0.2) is 80.0 Å². The van der Waals surface area contributed by atoms with Gasteiger partial charge in [-0.3, -0.25) is 29.8 Å². The van der Waals surface area contributed by atoms with Crippen molar-refractivity contribution in [2.45, 2.75) is 194 Å². The molecule has 10 unspecified atom stereocenters. The molecular weight excluding hydrogens is 1230 g/mol. The summed E-state index contributed by atoms with van der Waals surface area (Å²) in [5, 5.41) is 24.6. The average Bonchev–Trinajstić information content (AvgIpc) is 3.31. The third kappa shape index (κ3) is 17.6. The molecule has 2 heterocycles. The molecule has 0 aliphatic carbocycles. The van der Waals surface area contributed by atoms with E-state index in [1.54, 1.807) is 0 Å². The highest BCUT2D eigenvalue weighted by Gasteiger charge is 2.42. The topological polar surface area (TPSA) is 193 Å². The Balaban J connectivity index is 1.84. The van der Waals surface area contributed by atoms with Gasteiger partial charge in [0.2, 0.25) is 0 Å². The molecule has 2 aliphatic rings. The van der Waals surface area contributed by atoms with Crippen LogP contribution in [0.5, 0.6) is 11.5 Å². The Kier molecular flexibility index (Phi) is 23.3. The van der Waals surface area contributed by atoms with Crippen LogP contribution in [0.4, 0.5) is 16.2 Å². The summed E-state index contributed by atoms with van der Waals surface area (Å²) in [5.74, 6) is -2.82. The summed E-state index contributed by atoms with van der Waals surface area (Å²) in [5.41, 5.74) is 2.00. The number of hydrogen-bond donors (Lipinski definition) is 0. The minimum absolute atomic E-state index is 0.0286. The van der Waals surface area contributed by atoms with Crippen molar-refractivity contribution in [3.05, 3.63) is 111 Å². The summed E-state index contributed by atoms with van der Waals surface area (Å²) < 4.78 is 42.1. The Morgan fingerprint density at radius 3 is 1.26 bits per heavy atom. The van der Waals surface area contributed by atoms with E-state index < -0.39 is 68.9 Å². The lowest BCUT2D eigenvalue weighted by Gasteiger charge is -2.39. The SMILES string of the molecule is C/C(=C\I)C1OC(=O)CC(O[Si](C)(C)C(C)(C)C)CCC(C)C(c2cc([N+](=O)[O-])ccc2OC(=O)Oc2ccc([N+](=O)[O-])cc2C2/C=C/C(C)C(/C(C)=C/I)OC(=O)CC(O[Si](C)(C)C(C)(C)C)CCC2C)/C=C/C1C. The van der Waals surface area contributed by atoms with Crippen molar-refractivity contribution in [2.75, 3.05) is 0 Å². The molecule has 4 rings (SSSR count). The van der Waals surface area contributed by atoms with Gasteiger partial charge in [0.25, 0.3) is 11.4 Å². The number of non-ortho nitro benzene ring substituents is 2. The number of allylic oxidation sites excluding steroid dienone is 2. The van der Waals surface area contributed by atoms with Crippen molar-refractivity contribution < 1.29 is 52.0 Å². The molecule has 10 atom stereocenters. The number of halogens is 2. The van der Waals surface area contributed by atoms with Gasteiger partial charge in [0.15, 0.2) is 16.6 Å². The Bertz CT molecular complexity index is 2360. The fourth-order valence-electron chi connectivity index (χ4n) is 9.15. The zero-order valence-corrected chi connectivity index (χ0v) is 53.7. The van der Waals surface area contributed by atoms with Crippen molar-refractivity contribution in [2.24, 2.45) is 23.7 Å². The molecule has 0 N–H and O–H groups in total. The number of carbonyl (C=O) groups is 3. The molecule has 2 aromatic carbocycles. The average molecular weight is 1310 g/mol. The van der Waals surface area contributed by atoms with Crippen LogP contribution in [-0.4, -0.2) is 69.0 Å². The molecule has 0 bridgehead atoms. The summed E-state index contributed by atoms with van der Waals surface area (Å²) in [7, 11) is -4.73. The molecule has 0 spiro atoms. The van der Waals surface area contributed by atoms with Crippen molar-refractivity contribution in [1.29, 1.82) is 0 Å². The fourth-order valence-corrected chi connectivity index (χ4v) is 12.6. The predicted octanol–water partition coefficient (Wildman–Crippen LogP) is 16.6. The number of hydrogen-bond acceptors (Lipinski definition) is 13. The van der Waals surface area contributed by atoms with Gasteiger partial charge in [-0.05, 0) is 119 Å². The lowest BCUT2D eigenvalue weighted by molar-refractivity contribution is -0.385. The first-order valence-electron chi connectivity index (χ1n) is 26.3. The fraction of sp³-hybridized carbons (Fsp3) is 0.596. The van der Waals surface area contributed by atoms with Gasteiger partial charge in [-0.15, -0.1) is 0 Å². The monoisotopic (exact) mass is 1310 g/mol. The lowest BCUT2D eigenvalue weighted by atomic mass is 9.81. The van der Waals surface area contributed by atoms with Crippen LogP contribution in [-0.2, 0) is 27.9 Å². The molecule has 19 heteroatoms. The van der Waals surface area contributed by atoms with Crippen LogP contribution in [0.3, 0.4) is 0 Å². The molecule has 420 valence electrons. The van der Waals surface area contributed by atoms with E-state index in [0.29, 0.717) is 36.8 Å². The maximum Gasteiger partial charge on any atom is 0.519 e. The highest BCUT2D eigenvalue weighted by Crippen LogP contribution is 2.44. The highest BCUT2D eigenvalue weighted by molar-refractivity contribution is 14.1. The van der Waals surface area contributed by atoms with Gasteiger partial charge >= 0.3 is 18.1 Å². The molecule has 0 saturated heterocycles. The third-order valence-corrected chi connectivity index (χ3v) is 26.9. The van der Waals surface area contributed by atoms with E-state index in [-0.39, 0.29) is 81.4 Å². The van der Waals surface area contributed by atoms with Crippen LogP contribution < -0.4 is 9.47 Å². The van der Waals surface area contributed by atoms with E-state index in [4.69, 9.17) is 27.8 Å².